The first kappa shape index (κ1) is 56.1. The molecule has 2 aromatic rings. The van der Waals surface area contributed by atoms with Crippen molar-refractivity contribution in [1.29, 1.82) is 0 Å². The monoisotopic (exact) mass is 992 g/mol. The SMILES string of the molecule is CCc1c2[nH]c(c1CC)CC1N=C(C=Nc3cc(OCCOCCOCCOC)c(OCCOCCOCCOC)cc3N=CC3=N/C(=C\2)C(CCCOC(=O)NN)=C3C)C(C)=C1CCCOC(=O)NN. The Morgan fingerprint density at radius 1 is 0.662 bits per heavy atom. The molecule has 0 spiro atoms. The van der Waals surface area contributed by atoms with Crippen molar-refractivity contribution in [2.45, 2.75) is 78.7 Å². The minimum absolute atomic E-state index is 0.163. The first-order valence-corrected chi connectivity index (χ1v) is 24.2. The Bertz CT molecular complexity index is 2280. The van der Waals surface area contributed by atoms with E-state index in [4.69, 9.17) is 79.0 Å². The Kier molecular flexibility index (Phi) is 24.4. The minimum atomic E-state index is -0.699. The smallest absolute Gasteiger partial charge is 0.421 e. The predicted octanol–water partition coefficient (Wildman–Crippen LogP) is 5.93. The quantitative estimate of drug-likeness (QED) is 0.0263. The molecule has 2 amide bonds. The molecule has 1 atom stereocenters. The lowest BCUT2D eigenvalue weighted by atomic mass is 9.93. The molecule has 390 valence electrons. The van der Waals surface area contributed by atoms with Crippen LogP contribution >= 0.6 is 0 Å². The maximum absolute atomic E-state index is 11.8. The van der Waals surface area contributed by atoms with Gasteiger partial charge < -0.3 is 52.4 Å². The van der Waals surface area contributed by atoms with Crippen molar-refractivity contribution < 1.29 is 57.0 Å². The van der Waals surface area contributed by atoms with Crippen LogP contribution in [0.3, 0.4) is 0 Å². The molecule has 6 bridgehead atoms. The molecule has 21 heteroatoms. The lowest BCUT2D eigenvalue weighted by Gasteiger charge is -2.15. The number of nitrogens with one attached hydrogen (secondary N) is 3. The van der Waals surface area contributed by atoms with Gasteiger partial charge in [0.2, 0.25) is 0 Å². The number of H-pyrrole nitrogens is 1. The van der Waals surface area contributed by atoms with Crippen LogP contribution in [0.15, 0.2) is 60.1 Å². The molecule has 0 saturated heterocycles. The number of nitrogens with zero attached hydrogens (tertiary/aromatic N) is 4. The van der Waals surface area contributed by atoms with Crippen LogP contribution in [0.2, 0.25) is 0 Å². The molecule has 71 heavy (non-hydrogen) atoms. The largest absolute Gasteiger partial charge is 0.487 e. The number of benzene rings is 1. The number of fused-ring (bicyclic) bond motifs is 5. The standard InChI is InChI=1S/C50H73N9O12/c1-7-35-36(8-2)40-28-42-38(12-10-14-71-50(61)59-52)34(4)46(57-42)32-54-44-30-48(69-26-24-67-22-20-65-18-16-63-6)47(68-25-23-66-21-19-64-17-15-62-5)29-43(44)53-31-45-33(3)37(11-9-13-70-49(60)58-51)41(56-45)27-39(35)55-40/h27,29-32,42,55H,7-26,28,51-52H2,1-6H3,(H,58,60)(H,59,61)/b41-27-,53-31?,54-32?. The molecule has 1 unspecified atom stereocenters. The first-order valence-electron chi connectivity index (χ1n) is 24.2. The number of allylic oxidation sites excluding steroid dienone is 3. The van der Waals surface area contributed by atoms with Crippen molar-refractivity contribution >= 4 is 53.5 Å². The molecule has 0 fully saturated rings. The molecular formula is C50H73N9O12. The van der Waals surface area contributed by atoms with Crippen molar-refractivity contribution in [3.8, 4) is 11.5 Å². The second-order valence-corrected chi connectivity index (χ2v) is 16.4. The van der Waals surface area contributed by atoms with Crippen LogP contribution in [0.1, 0.15) is 75.9 Å². The first-order chi connectivity index (χ1) is 34.6. The molecule has 1 aromatic heterocycles. The average Bonchev–Trinajstić information content (AvgIpc) is 3.98. The number of carbonyl (C=O) groups excluding carboxylic acids is 2. The maximum Gasteiger partial charge on any atom is 0.421 e. The Labute approximate surface area is 416 Å². The summed E-state index contributed by atoms with van der Waals surface area (Å²) in [6.45, 7) is 13.3. The minimum Gasteiger partial charge on any atom is -0.487 e. The Balaban J connectivity index is 1.57. The fourth-order valence-electron chi connectivity index (χ4n) is 8.22. The maximum atomic E-state index is 11.8. The molecule has 7 N–H and O–H groups in total. The van der Waals surface area contributed by atoms with Gasteiger partial charge in [0.25, 0.3) is 0 Å². The van der Waals surface area contributed by atoms with Gasteiger partial charge in [-0.05, 0) is 91.9 Å². The number of hydrazine groups is 2. The third-order valence-electron chi connectivity index (χ3n) is 11.8. The van der Waals surface area contributed by atoms with E-state index < -0.39 is 12.2 Å². The second kappa shape index (κ2) is 30.8. The number of hydrogen-bond donors (Lipinski definition) is 5. The van der Waals surface area contributed by atoms with Crippen molar-refractivity contribution in [3.63, 3.8) is 0 Å². The number of amides is 2. The number of ether oxygens (including phenoxy) is 10. The Morgan fingerprint density at radius 2 is 1.17 bits per heavy atom. The van der Waals surface area contributed by atoms with Crippen LogP contribution in [-0.4, -0.2) is 154 Å². The van der Waals surface area contributed by atoms with E-state index in [9.17, 15) is 9.59 Å². The fraction of sp³-hybridized carbons (Fsp3) is 0.560. The van der Waals surface area contributed by atoms with E-state index in [-0.39, 0.29) is 32.5 Å². The van der Waals surface area contributed by atoms with Crippen LogP contribution in [0, 0.1) is 0 Å². The molecule has 4 heterocycles. The van der Waals surface area contributed by atoms with Crippen molar-refractivity contribution in [1.82, 2.24) is 15.8 Å². The highest BCUT2D eigenvalue weighted by molar-refractivity contribution is 6.40. The van der Waals surface area contributed by atoms with Crippen molar-refractivity contribution in [2.24, 2.45) is 31.7 Å². The Morgan fingerprint density at radius 3 is 1.69 bits per heavy atom. The summed E-state index contributed by atoms with van der Waals surface area (Å²) < 4.78 is 55.9. The van der Waals surface area contributed by atoms with Crippen molar-refractivity contribution in [2.75, 3.05) is 107 Å². The summed E-state index contributed by atoms with van der Waals surface area (Å²) in [5.41, 5.74) is 15.7. The van der Waals surface area contributed by atoms with Gasteiger partial charge in [-0.2, -0.15) is 0 Å². The molecule has 0 radical (unpaired) electrons. The molecule has 1 aromatic carbocycles. The molecule has 0 aliphatic carbocycles. The van der Waals surface area contributed by atoms with Gasteiger partial charge in [0.15, 0.2) is 11.5 Å². The van der Waals surface area contributed by atoms with E-state index >= 15 is 0 Å². The fourth-order valence-corrected chi connectivity index (χ4v) is 8.22. The average molecular weight is 992 g/mol. The highest BCUT2D eigenvalue weighted by Crippen LogP contribution is 2.41. The number of aliphatic imine (C=N–C) groups is 4. The van der Waals surface area contributed by atoms with Gasteiger partial charge >= 0.3 is 12.2 Å². The van der Waals surface area contributed by atoms with Crippen LogP contribution in [0.5, 0.6) is 11.5 Å². The van der Waals surface area contributed by atoms with E-state index in [1.54, 1.807) is 38.8 Å². The highest BCUT2D eigenvalue weighted by atomic mass is 16.6. The summed E-state index contributed by atoms with van der Waals surface area (Å²) in [7, 11) is 3.25. The van der Waals surface area contributed by atoms with Gasteiger partial charge in [-0.25, -0.2) is 26.3 Å². The zero-order valence-corrected chi connectivity index (χ0v) is 42.2. The van der Waals surface area contributed by atoms with Crippen LogP contribution in [0.25, 0.3) is 6.08 Å². The third kappa shape index (κ3) is 17.2. The second-order valence-electron chi connectivity index (χ2n) is 16.4. The summed E-state index contributed by atoms with van der Waals surface area (Å²) in [6, 6.07) is 3.37. The summed E-state index contributed by atoms with van der Waals surface area (Å²) >= 11 is 0. The number of nitrogens with two attached hydrogens (primary N) is 2. The summed E-state index contributed by atoms with van der Waals surface area (Å²) in [5, 5.41) is 0. The lowest BCUT2D eigenvalue weighted by molar-refractivity contribution is 0.0160. The zero-order valence-electron chi connectivity index (χ0n) is 42.2. The molecule has 5 rings (SSSR count). The van der Waals surface area contributed by atoms with E-state index in [0.29, 0.717) is 127 Å². The number of hydrogen-bond acceptors (Lipinski definition) is 18. The highest BCUT2D eigenvalue weighted by Gasteiger charge is 2.28. The number of aromatic nitrogens is 1. The van der Waals surface area contributed by atoms with Crippen LogP contribution in [0.4, 0.5) is 21.0 Å². The van der Waals surface area contributed by atoms with Gasteiger partial charge in [0.1, 0.15) is 13.2 Å². The van der Waals surface area contributed by atoms with E-state index in [1.165, 1.54) is 11.1 Å². The van der Waals surface area contributed by atoms with Gasteiger partial charge in [0.05, 0.1) is 126 Å². The number of aromatic amines is 1. The van der Waals surface area contributed by atoms with Crippen molar-refractivity contribution in [3.05, 3.63) is 62.6 Å². The van der Waals surface area contributed by atoms with E-state index in [2.05, 4.69) is 31.8 Å². The van der Waals surface area contributed by atoms with Crippen LogP contribution in [-0.2, 0) is 57.2 Å². The molecule has 0 saturated carbocycles. The topological polar surface area (TPSA) is 268 Å². The number of rotatable bonds is 30. The normalized spacial score (nSPS) is 16.1. The van der Waals surface area contributed by atoms with Gasteiger partial charge in [-0.15, -0.1) is 0 Å². The summed E-state index contributed by atoms with van der Waals surface area (Å²) in [4.78, 5) is 48.0. The van der Waals surface area contributed by atoms with Gasteiger partial charge in [-0.3, -0.25) is 25.8 Å². The number of carbonyl (C=O) groups is 2. The van der Waals surface area contributed by atoms with E-state index in [1.807, 2.05) is 17.8 Å². The molecule has 21 nitrogen and oxygen atoms in total. The summed E-state index contributed by atoms with van der Waals surface area (Å²) in [5.74, 6) is 11.4. The molecule has 3 aliphatic rings. The molecule has 3 aliphatic heterocycles. The summed E-state index contributed by atoms with van der Waals surface area (Å²) in [6.07, 6.45) is 8.73. The Hall–Kier alpha value is -5.78. The zero-order chi connectivity index (χ0) is 50.8. The van der Waals surface area contributed by atoms with Gasteiger partial charge in [0, 0.05) is 44.2 Å². The van der Waals surface area contributed by atoms with E-state index in [0.717, 1.165) is 57.9 Å². The molecular weight excluding hydrogens is 919 g/mol. The van der Waals surface area contributed by atoms with Crippen LogP contribution < -0.4 is 32.0 Å². The lowest BCUT2D eigenvalue weighted by Crippen LogP contribution is -2.30. The predicted molar refractivity (Wildman–Crippen MR) is 272 cm³/mol. The number of methoxy groups -OCH3 is 2. The van der Waals surface area contributed by atoms with Gasteiger partial charge in [-0.1, -0.05) is 13.8 Å². The third-order valence-corrected chi connectivity index (χ3v) is 11.8.